The minimum Gasteiger partial charge on any atom is -0.342 e. The predicted octanol–water partition coefficient (Wildman–Crippen LogP) is 2.81. The molecule has 0 saturated carbocycles. The van der Waals surface area contributed by atoms with Crippen molar-refractivity contribution >= 4 is 18.3 Å². The van der Waals surface area contributed by atoms with E-state index < -0.39 is 0 Å². The van der Waals surface area contributed by atoms with Crippen LogP contribution in [-0.4, -0.2) is 37.0 Å². The van der Waals surface area contributed by atoms with E-state index in [4.69, 9.17) is 0 Å². The number of nitrogens with zero attached hydrogens (tertiary/aromatic N) is 1. The van der Waals surface area contributed by atoms with Gasteiger partial charge in [-0.1, -0.05) is 30.3 Å². The number of hydrogen-bond acceptors (Lipinski definition) is 2. The molecule has 0 bridgehead atoms. The summed E-state index contributed by atoms with van der Waals surface area (Å²) in [6, 6.07) is 10.6. The number of rotatable bonds is 3. The fourth-order valence-electron chi connectivity index (χ4n) is 3.45. The van der Waals surface area contributed by atoms with Crippen LogP contribution in [0.1, 0.15) is 37.2 Å². The Balaban J connectivity index is 0.00000161. The summed E-state index contributed by atoms with van der Waals surface area (Å²) >= 11 is 0. The van der Waals surface area contributed by atoms with E-state index in [1.165, 1.54) is 5.56 Å². The first kappa shape index (κ1) is 16.3. The van der Waals surface area contributed by atoms with Gasteiger partial charge in [0, 0.05) is 25.4 Å². The first-order valence-electron chi connectivity index (χ1n) is 7.86. The first-order valence-corrected chi connectivity index (χ1v) is 7.86. The van der Waals surface area contributed by atoms with Crippen molar-refractivity contribution in [3.05, 3.63) is 35.9 Å². The van der Waals surface area contributed by atoms with Crippen molar-refractivity contribution in [3.63, 3.8) is 0 Å². The van der Waals surface area contributed by atoms with Crippen LogP contribution >= 0.6 is 12.4 Å². The molecule has 1 N–H and O–H groups in total. The van der Waals surface area contributed by atoms with Crippen LogP contribution in [0.4, 0.5) is 0 Å². The SMILES string of the molecule is Cl.O=C(CC1CCNCC1)N1CCC(c2ccccc2)C1. The Bertz CT molecular complexity index is 445. The van der Waals surface area contributed by atoms with Crippen molar-refractivity contribution in [1.29, 1.82) is 0 Å². The van der Waals surface area contributed by atoms with Gasteiger partial charge in [0.05, 0.1) is 0 Å². The lowest BCUT2D eigenvalue weighted by Crippen LogP contribution is -2.34. The molecule has 2 aliphatic rings. The van der Waals surface area contributed by atoms with Crippen molar-refractivity contribution in [1.82, 2.24) is 10.2 Å². The molecule has 1 amide bonds. The van der Waals surface area contributed by atoms with E-state index in [2.05, 4.69) is 40.5 Å². The van der Waals surface area contributed by atoms with Gasteiger partial charge in [-0.15, -0.1) is 12.4 Å². The number of benzene rings is 1. The van der Waals surface area contributed by atoms with Crippen LogP contribution in [0.2, 0.25) is 0 Å². The topological polar surface area (TPSA) is 32.3 Å². The van der Waals surface area contributed by atoms with E-state index in [1.807, 2.05) is 0 Å². The average Bonchev–Trinajstić information content (AvgIpc) is 2.99. The third-order valence-corrected chi connectivity index (χ3v) is 4.73. The Kier molecular flexibility index (Phi) is 6.07. The van der Waals surface area contributed by atoms with Gasteiger partial charge in [-0.3, -0.25) is 4.79 Å². The molecule has 1 aromatic rings. The van der Waals surface area contributed by atoms with Crippen LogP contribution in [0.3, 0.4) is 0 Å². The monoisotopic (exact) mass is 308 g/mol. The zero-order chi connectivity index (χ0) is 13.8. The second kappa shape index (κ2) is 7.81. The van der Waals surface area contributed by atoms with Crippen LogP contribution in [0.15, 0.2) is 30.3 Å². The summed E-state index contributed by atoms with van der Waals surface area (Å²) in [5, 5.41) is 3.36. The molecule has 0 spiro atoms. The highest BCUT2D eigenvalue weighted by atomic mass is 35.5. The molecule has 2 heterocycles. The number of hydrogen-bond donors (Lipinski definition) is 1. The number of piperidine rings is 1. The van der Waals surface area contributed by atoms with Gasteiger partial charge in [0.1, 0.15) is 0 Å². The summed E-state index contributed by atoms with van der Waals surface area (Å²) < 4.78 is 0. The molecule has 0 aliphatic carbocycles. The predicted molar refractivity (Wildman–Crippen MR) is 87.8 cm³/mol. The zero-order valence-electron chi connectivity index (χ0n) is 12.5. The van der Waals surface area contributed by atoms with E-state index in [0.29, 0.717) is 17.7 Å². The normalized spacial score (nSPS) is 22.9. The first-order chi connectivity index (χ1) is 9.83. The highest BCUT2D eigenvalue weighted by Crippen LogP contribution is 2.28. The van der Waals surface area contributed by atoms with E-state index in [9.17, 15) is 4.79 Å². The minimum atomic E-state index is 0. The van der Waals surface area contributed by atoms with Crippen molar-refractivity contribution < 1.29 is 4.79 Å². The smallest absolute Gasteiger partial charge is 0.222 e. The molecule has 1 aromatic carbocycles. The largest absolute Gasteiger partial charge is 0.342 e. The summed E-state index contributed by atoms with van der Waals surface area (Å²) in [6.07, 6.45) is 4.18. The molecule has 2 fully saturated rings. The standard InChI is InChI=1S/C17H24N2O.ClH/c20-17(12-14-6-9-18-10-7-14)19-11-8-16(13-19)15-4-2-1-3-5-15;/h1-5,14,16,18H,6-13H2;1H. The fraction of sp³-hybridized carbons (Fsp3) is 0.588. The van der Waals surface area contributed by atoms with Gasteiger partial charge in [-0.05, 0) is 43.8 Å². The van der Waals surface area contributed by atoms with Crippen LogP contribution in [0, 0.1) is 5.92 Å². The van der Waals surface area contributed by atoms with Crippen molar-refractivity contribution in [2.24, 2.45) is 5.92 Å². The molecule has 116 valence electrons. The number of amides is 1. The number of carbonyl (C=O) groups is 1. The molecule has 3 rings (SSSR count). The molecule has 2 saturated heterocycles. The zero-order valence-corrected chi connectivity index (χ0v) is 13.3. The number of carbonyl (C=O) groups excluding carboxylic acids is 1. The van der Waals surface area contributed by atoms with E-state index in [1.54, 1.807) is 0 Å². The van der Waals surface area contributed by atoms with Gasteiger partial charge in [0.15, 0.2) is 0 Å². The summed E-state index contributed by atoms with van der Waals surface area (Å²) in [4.78, 5) is 14.5. The van der Waals surface area contributed by atoms with Gasteiger partial charge in [-0.2, -0.15) is 0 Å². The Morgan fingerprint density at radius 1 is 1.14 bits per heavy atom. The average molecular weight is 309 g/mol. The van der Waals surface area contributed by atoms with E-state index in [-0.39, 0.29) is 12.4 Å². The third-order valence-electron chi connectivity index (χ3n) is 4.73. The van der Waals surface area contributed by atoms with Gasteiger partial charge >= 0.3 is 0 Å². The quantitative estimate of drug-likeness (QED) is 0.931. The van der Waals surface area contributed by atoms with Crippen molar-refractivity contribution in [2.45, 2.75) is 31.6 Å². The second-order valence-electron chi connectivity index (χ2n) is 6.13. The molecule has 0 radical (unpaired) electrons. The molecular formula is C17H25ClN2O. The Hall–Kier alpha value is -1.06. The Morgan fingerprint density at radius 2 is 1.86 bits per heavy atom. The van der Waals surface area contributed by atoms with Gasteiger partial charge in [0.25, 0.3) is 0 Å². The molecule has 21 heavy (non-hydrogen) atoms. The molecule has 0 aromatic heterocycles. The summed E-state index contributed by atoms with van der Waals surface area (Å²) in [7, 11) is 0. The number of nitrogens with one attached hydrogen (secondary N) is 1. The van der Waals surface area contributed by atoms with Crippen LogP contribution in [0.5, 0.6) is 0 Å². The number of likely N-dealkylation sites (tertiary alicyclic amines) is 1. The molecule has 2 aliphatic heterocycles. The lowest BCUT2D eigenvalue weighted by Gasteiger charge is -2.24. The maximum absolute atomic E-state index is 12.4. The molecule has 3 nitrogen and oxygen atoms in total. The van der Waals surface area contributed by atoms with Crippen molar-refractivity contribution in [2.75, 3.05) is 26.2 Å². The molecular weight excluding hydrogens is 284 g/mol. The molecule has 1 atom stereocenters. The summed E-state index contributed by atoms with van der Waals surface area (Å²) in [5.74, 6) is 1.50. The summed E-state index contributed by atoms with van der Waals surface area (Å²) in [6.45, 7) is 3.99. The maximum Gasteiger partial charge on any atom is 0.222 e. The van der Waals surface area contributed by atoms with Gasteiger partial charge in [-0.25, -0.2) is 0 Å². The van der Waals surface area contributed by atoms with Crippen LogP contribution < -0.4 is 5.32 Å². The highest BCUT2D eigenvalue weighted by molar-refractivity contribution is 5.85. The van der Waals surface area contributed by atoms with Crippen LogP contribution in [0.25, 0.3) is 0 Å². The lowest BCUT2D eigenvalue weighted by atomic mass is 9.94. The maximum atomic E-state index is 12.4. The minimum absolute atomic E-state index is 0. The molecule has 4 heteroatoms. The second-order valence-corrected chi connectivity index (χ2v) is 6.13. The van der Waals surface area contributed by atoms with Gasteiger partial charge in [0.2, 0.25) is 5.91 Å². The van der Waals surface area contributed by atoms with E-state index in [0.717, 1.165) is 51.9 Å². The highest BCUT2D eigenvalue weighted by Gasteiger charge is 2.28. The molecule has 1 unspecified atom stereocenters. The van der Waals surface area contributed by atoms with Crippen LogP contribution in [-0.2, 0) is 4.79 Å². The van der Waals surface area contributed by atoms with Gasteiger partial charge < -0.3 is 10.2 Å². The lowest BCUT2D eigenvalue weighted by molar-refractivity contribution is -0.131. The Morgan fingerprint density at radius 3 is 2.57 bits per heavy atom. The third kappa shape index (κ3) is 4.21. The fourth-order valence-corrected chi connectivity index (χ4v) is 3.45. The number of halogens is 1. The van der Waals surface area contributed by atoms with E-state index >= 15 is 0 Å². The van der Waals surface area contributed by atoms with Crippen molar-refractivity contribution in [3.8, 4) is 0 Å². The Labute approximate surface area is 133 Å². The summed E-state index contributed by atoms with van der Waals surface area (Å²) in [5.41, 5.74) is 1.38.